The zero-order valence-corrected chi connectivity index (χ0v) is 10.4. The minimum atomic E-state index is 0.212. The fraction of sp³-hybridized carbons (Fsp3) is 0.455. The van der Waals surface area contributed by atoms with Crippen LogP contribution in [0.15, 0.2) is 6.20 Å². The summed E-state index contributed by atoms with van der Waals surface area (Å²) in [6, 6.07) is 0. The molecule has 1 atom stereocenters. The van der Waals surface area contributed by atoms with Crippen LogP contribution in [0.5, 0.6) is 0 Å². The summed E-state index contributed by atoms with van der Waals surface area (Å²) in [5.41, 5.74) is 8.37. The predicted octanol–water partition coefficient (Wildman–Crippen LogP) is 1.99. The van der Waals surface area contributed by atoms with Gasteiger partial charge >= 0.3 is 0 Å². The average Bonchev–Trinajstić information content (AvgIpc) is 2.54. The molecule has 0 saturated carbocycles. The van der Waals surface area contributed by atoms with Crippen LogP contribution in [0.2, 0.25) is 5.02 Å². The van der Waals surface area contributed by atoms with E-state index >= 15 is 0 Å². The zero-order valence-electron chi connectivity index (χ0n) is 9.66. The maximum atomic E-state index is 6.38. The molecule has 2 aromatic rings. The quantitative estimate of drug-likeness (QED) is 0.871. The number of aryl methyl sites for hydroxylation is 2. The van der Waals surface area contributed by atoms with Crippen LogP contribution in [-0.2, 0) is 7.05 Å². The van der Waals surface area contributed by atoms with Crippen molar-refractivity contribution in [3.8, 4) is 0 Å². The molecule has 16 heavy (non-hydrogen) atoms. The molecule has 0 spiro atoms. The molecule has 0 aromatic carbocycles. The first-order valence-corrected chi connectivity index (χ1v) is 5.61. The highest BCUT2D eigenvalue weighted by molar-refractivity contribution is 6.36. The van der Waals surface area contributed by atoms with Crippen molar-refractivity contribution in [3.05, 3.63) is 22.5 Å². The number of rotatable bonds is 2. The highest BCUT2D eigenvalue weighted by Crippen LogP contribution is 2.31. The standard InChI is InChI=1S/C11H15ClN4/c1-6(4-13)8-5-14-11-9(10(8)12)7(2)15-16(11)3/h5-6H,4,13H2,1-3H3. The Bertz CT molecular complexity index is 532. The highest BCUT2D eigenvalue weighted by atomic mass is 35.5. The smallest absolute Gasteiger partial charge is 0.159 e. The van der Waals surface area contributed by atoms with Crippen molar-refractivity contribution in [3.63, 3.8) is 0 Å². The van der Waals surface area contributed by atoms with E-state index in [1.807, 2.05) is 20.9 Å². The number of nitrogens with zero attached hydrogens (tertiary/aromatic N) is 3. The van der Waals surface area contributed by atoms with Gasteiger partial charge in [0.2, 0.25) is 0 Å². The molecule has 2 N–H and O–H groups in total. The lowest BCUT2D eigenvalue weighted by Gasteiger charge is -2.11. The molecule has 0 aliphatic carbocycles. The Morgan fingerprint density at radius 1 is 1.56 bits per heavy atom. The zero-order chi connectivity index (χ0) is 11.9. The summed E-state index contributed by atoms with van der Waals surface area (Å²) >= 11 is 6.38. The van der Waals surface area contributed by atoms with E-state index in [1.54, 1.807) is 10.9 Å². The van der Waals surface area contributed by atoms with Crippen molar-refractivity contribution in [2.45, 2.75) is 19.8 Å². The van der Waals surface area contributed by atoms with E-state index in [9.17, 15) is 0 Å². The molecular formula is C11H15ClN4. The summed E-state index contributed by atoms with van der Waals surface area (Å²) in [5, 5.41) is 5.98. The van der Waals surface area contributed by atoms with Crippen molar-refractivity contribution >= 4 is 22.6 Å². The second-order valence-electron chi connectivity index (χ2n) is 4.07. The molecule has 5 heteroatoms. The Morgan fingerprint density at radius 3 is 2.88 bits per heavy atom. The number of hydrogen-bond donors (Lipinski definition) is 1. The Kier molecular flexibility index (Phi) is 2.86. The maximum absolute atomic E-state index is 6.38. The van der Waals surface area contributed by atoms with Gasteiger partial charge in [0.1, 0.15) is 0 Å². The lowest BCUT2D eigenvalue weighted by Crippen LogP contribution is -2.10. The van der Waals surface area contributed by atoms with E-state index in [2.05, 4.69) is 10.1 Å². The molecule has 2 heterocycles. The fourth-order valence-electron chi connectivity index (χ4n) is 1.85. The largest absolute Gasteiger partial charge is 0.330 e. The molecule has 2 rings (SSSR count). The number of halogens is 1. The minimum absolute atomic E-state index is 0.212. The van der Waals surface area contributed by atoms with Gasteiger partial charge < -0.3 is 5.73 Å². The first-order valence-electron chi connectivity index (χ1n) is 5.24. The number of nitrogens with two attached hydrogens (primary N) is 1. The number of pyridine rings is 1. The van der Waals surface area contributed by atoms with Gasteiger partial charge in [-0.3, -0.25) is 4.68 Å². The summed E-state index contributed by atoms with van der Waals surface area (Å²) in [6.45, 7) is 4.54. The van der Waals surface area contributed by atoms with Crippen molar-refractivity contribution in [1.29, 1.82) is 0 Å². The van der Waals surface area contributed by atoms with E-state index in [-0.39, 0.29) is 5.92 Å². The topological polar surface area (TPSA) is 56.7 Å². The van der Waals surface area contributed by atoms with Crippen LogP contribution in [0.4, 0.5) is 0 Å². The van der Waals surface area contributed by atoms with Crippen LogP contribution < -0.4 is 5.73 Å². The van der Waals surface area contributed by atoms with E-state index in [1.165, 1.54) is 0 Å². The van der Waals surface area contributed by atoms with E-state index in [0.29, 0.717) is 6.54 Å². The van der Waals surface area contributed by atoms with Crippen LogP contribution in [0.1, 0.15) is 24.1 Å². The summed E-state index contributed by atoms with van der Waals surface area (Å²) in [5.74, 6) is 0.212. The normalized spacial score (nSPS) is 13.3. The highest BCUT2D eigenvalue weighted by Gasteiger charge is 2.16. The second-order valence-corrected chi connectivity index (χ2v) is 4.45. The molecule has 0 aliphatic heterocycles. The molecule has 86 valence electrons. The van der Waals surface area contributed by atoms with E-state index in [4.69, 9.17) is 17.3 Å². The number of hydrogen-bond acceptors (Lipinski definition) is 3. The third-order valence-corrected chi connectivity index (χ3v) is 3.28. The molecule has 0 saturated heterocycles. The average molecular weight is 239 g/mol. The van der Waals surface area contributed by atoms with Gasteiger partial charge in [-0.2, -0.15) is 5.10 Å². The number of fused-ring (bicyclic) bond motifs is 1. The maximum Gasteiger partial charge on any atom is 0.159 e. The van der Waals surface area contributed by atoms with Crippen molar-refractivity contribution in [2.24, 2.45) is 12.8 Å². The minimum Gasteiger partial charge on any atom is -0.330 e. The summed E-state index contributed by atoms with van der Waals surface area (Å²) in [4.78, 5) is 4.39. The molecule has 0 aliphatic rings. The van der Waals surface area contributed by atoms with Gasteiger partial charge in [0.05, 0.1) is 16.1 Å². The predicted molar refractivity (Wildman–Crippen MR) is 65.7 cm³/mol. The van der Waals surface area contributed by atoms with Gasteiger partial charge in [-0.05, 0) is 24.9 Å². The summed E-state index contributed by atoms with van der Waals surface area (Å²) in [6.07, 6.45) is 1.79. The van der Waals surface area contributed by atoms with E-state index in [0.717, 1.165) is 27.3 Å². The van der Waals surface area contributed by atoms with Gasteiger partial charge in [0.25, 0.3) is 0 Å². The van der Waals surface area contributed by atoms with Crippen LogP contribution in [0, 0.1) is 6.92 Å². The third kappa shape index (κ3) is 1.58. The van der Waals surface area contributed by atoms with Crippen molar-refractivity contribution in [2.75, 3.05) is 6.54 Å². The Morgan fingerprint density at radius 2 is 2.25 bits per heavy atom. The van der Waals surface area contributed by atoms with Crippen LogP contribution >= 0.6 is 11.6 Å². The SMILES string of the molecule is Cc1nn(C)c2ncc(C(C)CN)c(Cl)c12. The van der Waals surface area contributed by atoms with Crippen molar-refractivity contribution < 1.29 is 0 Å². The first kappa shape index (κ1) is 11.4. The molecule has 1 unspecified atom stereocenters. The number of aromatic nitrogens is 3. The molecule has 0 amide bonds. The van der Waals surface area contributed by atoms with Gasteiger partial charge in [-0.25, -0.2) is 4.98 Å². The third-order valence-electron chi connectivity index (χ3n) is 2.88. The molecular weight excluding hydrogens is 224 g/mol. The fourth-order valence-corrected chi connectivity index (χ4v) is 2.31. The lowest BCUT2D eigenvalue weighted by atomic mass is 10.0. The van der Waals surface area contributed by atoms with Gasteiger partial charge in [-0.15, -0.1) is 0 Å². The molecule has 2 aromatic heterocycles. The van der Waals surface area contributed by atoms with Gasteiger partial charge in [0.15, 0.2) is 5.65 Å². The summed E-state index contributed by atoms with van der Waals surface area (Å²) in [7, 11) is 1.87. The molecule has 4 nitrogen and oxygen atoms in total. The van der Waals surface area contributed by atoms with E-state index < -0.39 is 0 Å². The molecule has 0 radical (unpaired) electrons. The summed E-state index contributed by atoms with van der Waals surface area (Å²) < 4.78 is 1.74. The van der Waals surface area contributed by atoms with Crippen LogP contribution in [-0.4, -0.2) is 21.3 Å². The van der Waals surface area contributed by atoms with Crippen LogP contribution in [0.25, 0.3) is 11.0 Å². The first-order chi connectivity index (χ1) is 7.56. The van der Waals surface area contributed by atoms with Gasteiger partial charge in [0, 0.05) is 13.2 Å². The lowest BCUT2D eigenvalue weighted by molar-refractivity contribution is 0.763. The molecule has 0 fully saturated rings. The molecule has 0 bridgehead atoms. The Balaban J connectivity index is 2.74. The Labute approximate surface area is 99.4 Å². The van der Waals surface area contributed by atoms with Crippen molar-refractivity contribution in [1.82, 2.24) is 14.8 Å². The van der Waals surface area contributed by atoms with Crippen LogP contribution in [0.3, 0.4) is 0 Å². The second kappa shape index (κ2) is 4.03. The monoisotopic (exact) mass is 238 g/mol. The Hall–Kier alpha value is -1.13. The van der Waals surface area contributed by atoms with Gasteiger partial charge in [-0.1, -0.05) is 18.5 Å².